The second kappa shape index (κ2) is 7.28. The molecule has 0 saturated carbocycles. The van der Waals surface area contributed by atoms with Crippen LogP contribution in [0, 0.1) is 0 Å². The fourth-order valence-electron chi connectivity index (χ4n) is 2.25. The molecule has 6 heteroatoms. The first-order valence-electron chi connectivity index (χ1n) is 7.32. The van der Waals surface area contributed by atoms with E-state index in [0.717, 1.165) is 18.2 Å². The standard InChI is InChI=1S/C17H20N2O3S/c1-3-16(13-7-5-4-6-8-13)18-17(20)14-9-11-15(12-10-14)19-23(2,21)22/h4-12,16,19H,3H2,1-2H3,(H,18,20). The fourth-order valence-corrected chi connectivity index (χ4v) is 2.82. The summed E-state index contributed by atoms with van der Waals surface area (Å²) in [6, 6.07) is 16.1. The number of carbonyl (C=O) groups is 1. The molecule has 0 radical (unpaired) electrons. The third-order valence-electron chi connectivity index (χ3n) is 3.37. The maximum Gasteiger partial charge on any atom is 0.251 e. The van der Waals surface area contributed by atoms with E-state index in [9.17, 15) is 13.2 Å². The van der Waals surface area contributed by atoms with E-state index in [4.69, 9.17) is 0 Å². The molecule has 1 atom stereocenters. The first-order chi connectivity index (χ1) is 10.9. The Morgan fingerprint density at radius 1 is 1.04 bits per heavy atom. The molecule has 0 fully saturated rings. The smallest absolute Gasteiger partial charge is 0.251 e. The number of carbonyl (C=O) groups excluding carboxylic acids is 1. The summed E-state index contributed by atoms with van der Waals surface area (Å²) in [6.07, 6.45) is 1.86. The first-order valence-corrected chi connectivity index (χ1v) is 9.22. The molecule has 1 amide bonds. The molecular formula is C17H20N2O3S. The maximum absolute atomic E-state index is 12.3. The van der Waals surface area contributed by atoms with E-state index in [0.29, 0.717) is 11.3 Å². The minimum Gasteiger partial charge on any atom is -0.345 e. The number of rotatable bonds is 6. The number of nitrogens with one attached hydrogen (secondary N) is 2. The van der Waals surface area contributed by atoms with Crippen LogP contribution in [0.1, 0.15) is 35.3 Å². The van der Waals surface area contributed by atoms with Crippen LogP contribution in [-0.2, 0) is 10.0 Å². The summed E-state index contributed by atoms with van der Waals surface area (Å²) in [7, 11) is -3.32. The van der Waals surface area contributed by atoms with E-state index in [1.807, 2.05) is 37.3 Å². The quantitative estimate of drug-likeness (QED) is 0.854. The Hall–Kier alpha value is -2.34. The summed E-state index contributed by atoms with van der Waals surface area (Å²) >= 11 is 0. The zero-order valence-electron chi connectivity index (χ0n) is 13.1. The Morgan fingerprint density at radius 2 is 1.65 bits per heavy atom. The summed E-state index contributed by atoms with van der Waals surface area (Å²) in [5, 5.41) is 2.99. The van der Waals surface area contributed by atoms with Gasteiger partial charge >= 0.3 is 0 Å². The van der Waals surface area contributed by atoms with Crippen molar-refractivity contribution in [3.05, 3.63) is 65.7 Å². The highest BCUT2D eigenvalue weighted by molar-refractivity contribution is 7.92. The zero-order chi connectivity index (χ0) is 16.9. The van der Waals surface area contributed by atoms with Crippen molar-refractivity contribution in [1.29, 1.82) is 0 Å². The molecule has 0 aliphatic heterocycles. The van der Waals surface area contributed by atoms with Gasteiger partial charge in [-0.2, -0.15) is 0 Å². The van der Waals surface area contributed by atoms with Crippen molar-refractivity contribution in [2.24, 2.45) is 0 Å². The van der Waals surface area contributed by atoms with Crippen LogP contribution >= 0.6 is 0 Å². The number of amides is 1. The highest BCUT2D eigenvalue weighted by Crippen LogP contribution is 2.17. The Bertz CT molecular complexity index is 756. The summed E-state index contributed by atoms with van der Waals surface area (Å²) < 4.78 is 24.7. The van der Waals surface area contributed by atoms with Gasteiger partial charge in [0.25, 0.3) is 5.91 Å². The molecule has 122 valence electrons. The van der Waals surface area contributed by atoms with E-state index < -0.39 is 10.0 Å². The molecular weight excluding hydrogens is 312 g/mol. The lowest BCUT2D eigenvalue weighted by Crippen LogP contribution is -2.28. The SMILES string of the molecule is CCC(NC(=O)c1ccc(NS(C)(=O)=O)cc1)c1ccccc1. The molecule has 2 aromatic carbocycles. The Kier molecular flexibility index (Phi) is 5.39. The number of anilines is 1. The van der Waals surface area contributed by atoms with Crippen molar-refractivity contribution in [3.63, 3.8) is 0 Å². The number of sulfonamides is 1. The van der Waals surface area contributed by atoms with E-state index in [1.165, 1.54) is 0 Å². The lowest BCUT2D eigenvalue weighted by molar-refractivity contribution is 0.0935. The van der Waals surface area contributed by atoms with Gasteiger partial charge in [0.2, 0.25) is 10.0 Å². The molecule has 0 aliphatic carbocycles. The van der Waals surface area contributed by atoms with Crippen molar-refractivity contribution < 1.29 is 13.2 Å². The van der Waals surface area contributed by atoms with Gasteiger partial charge in [0, 0.05) is 11.3 Å². The van der Waals surface area contributed by atoms with Gasteiger partial charge in [-0.05, 0) is 36.2 Å². The second-order valence-electron chi connectivity index (χ2n) is 5.30. The predicted molar refractivity (Wildman–Crippen MR) is 91.8 cm³/mol. The van der Waals surface area contributed by atoms with Gasteiger partial charge in [-0.15, -0.1) is 0 Å². The number of benzene rings is 2. The first kappa shape index (κ1) is 17.0. The largest absolute Gasteiger partial charge is 0.345 e. The fraction of sp³-hybridized carbons (Fsp3) is 0.235. The second-order valence-corrected chi connectivity index (χ2v) is 7.05. The zero-order valence-corrected chi connectivity index (χ0v) is 13.9. The highest BCUT2D eigenvalue weighted by atomic mass is 32.2. The maximum atomic E-state index is 12.3. The van der Waals surface area contributed by atoms with E-state index in [1.54, 1.807) is 24.3 Å². The number of hydrogen-bond donors (Lipinski definition) is 2. The van der Waals surface area contributed by atoms with Gasteiger partial charge in [0.05, 0.1) is 12.3 Å². The van der Waals surface area contributed by atoms with Crippen LogP contribution < -0.4 is 10.0 Å². The minimum atomic E-state index is -3.32. The molecule has 23 heavy (non-hydrogen) atoms. The van der Waals surface area contributed by atoms with Crippen molar-refractivity contribution in [2.45, 2.75) is 19.4 Å². The van der Waals surface area contributed by atoms with E-state index in [-0.39, 0.29) is 11.9 Å². The van der Waals surface area contributed by atoms with Gasteiger partial charge in [0.15, 0.2) is 0 Å². The van der Waals surface area contributed by atoms with Crippen LogP contribution in [0.25, 0.3) is 0 Å². The lowest BCUT2D eigenvalue weighted by Gasteiger charge is -2.17. The van der Waals surface area contributed by atoms with Gasteiger partial charge in [-0.3, -0.25) is 9.52 Å². The van der Waals surface area contributed by atoms with Gasteiger partial charge in [0.1, 0.15) is 0 Å². The van der Waals surface area contributed by atoms with Gasteiger partial charge < -0.3 is 5.32 Å². The van der Waals surface area contributed by atoms with Crippen molar-refractivity contribution in [2.75, 3.05) is 11.0 Å². The third kappa shape index (κ3) is 5.10. The van der Waals surface area contributed by atoms with Crippen LogP contribution in [-0.4, -0.2) is 20.6 Å². The van der Waals surface area contributed by atoms with Crippen molar-refractivity contribution in [1.82, 2.24) is 5.32 Å². The molecule has 1 unspecified atom stereocenters. The minimum absolute atomic E-state index is 0.0579. The molecule has 0 aromatic heterocycles. The van der Waals surface area contributed by atoms with Crippen molar-refractivity contribution >= 4 is 21.6 Å². The number of hydrogen-bond acceptors (Lipinski definition) is 3. The summed E-state index contributed by atoms with van der Waals surface area (Å²) in [4.78, 5) is 12.3. The van der Waals surface area contributed by atoms with E-state index >= 15 is 0 Å². The average molecular weight is 332 g/mol. The molecule has 0 saturated heterocycles. The van der Waals surface area contributed by atoms with Crippen LogP contribution in [0.15, 0.2) is 54.6 Å². The Balaban J connectivity index is 2.08. The van der Waals surface area contributed by atoms with E-state index in [2.05, 4.69) is 10.0 Å². The molecule has 0 heterocycles. The predicted octanol–water partition coefficient (Wildman–Crippen LogP) is 2.94. The summed E-state index contributed by atoms with van der Waals surface area (Å²) in [5.74, 6) is -0.188. The van der Waals surface area contributed by atoms with Gasteiger partial charge in [-0.25, -0.2) is 8.42 Å². The van der Waals surface area contributed by atoms with Crippen LogP contribution in [0.2, 0.25) is 0 Å². The van der Waals surface area contributed by atoms with Crippen molar-refractivity contribution in [3.8, 4) is 0 Å². The monoisotopic (exact) mass is 332 g/mol. The Labute approximate surface area is 136 Å². The molecule has 5 nitrogen and oxygen atoms in total. The molecule has 0 spiro atoms. The van der Waals surface area contributed by atoms with Gasteiger partial charge in [-0.1, -0.05) is 37.3 Å². The lowest BCUT2D eigenvalue weighted by atomic mass is 10.0. The Morgan fingerprint density at radius 3 is 2.17 bits per heavy atom. The summed E-state index contributed by atoms with van der Waals surface area (Å²) in [6.45, 7) is 2.01. The normalized spacial score (nSPS) is 12.4. The molecule has 2 rings (SSSR count). The molecule has 0 bridgehead atoms. The molecule has 2 aromatic rings. The summed E-state index contributed by atoms with van der Waals surface area (Å²) in [5.41, 5.74) is 1.97. The average Bonchev–Trinajstić information content (AvgIpc) is 2.52. The van der Waals surface area contributed by atoms with Crippen LogP contribution in [0.4, 0.5) is 5.69 Å². The highest BCUT2D eigenvalue weighted by Gasteiger charge is 2.14. The van der Waals surface area contributed by atoms with Crippen LogP contribution in [0.5, 0.6) is 0 Å². The van der Waals surface area contributed by atoms with Crippen LogP contribution in [0.3, 0.4) is 0 Å². The third-order valence-corrected chi connectivity index (χ3v) is 3.97. The molecule has 2 N–H and O–H groups in total. The molecule has 0 aliphatic rings. The topological polar surface area (TPSA) is 75.3 Å².